The van der Waals surface area contributed by atoms with Crippen molar-refractivity contribution >= 4 is 17.3 Å². The molecule has 0 radical (unpaired) electrons. The number of halogens is 1. The third kappa shape index (κ3) is 4.29. The Morgan fingerprint density at radius 2 is 1.87 bits per heavy atom. The van der Waals surface area contributed by atoms with Gasteiger partial charge in [0, 0.05) is 10.6 Å². The summed E-state index contributed by atoms with van der Waals surface area (Å²) >= 11 is 5.94. The predicted octanol–water partition coefficient (Wildman–Crippen LogP) is 3.58. The van der Waals surface area contributed by atoms with Gasteiger partial charge in [-0.25, -0.2) is 0 Å². The average Bonchev–Trinajstić information content (AvgIpc) is 2.56. The quantitative estimate of drug-likeness (QED) is 0.626. The first-order chi connectivity index (χ1) is 11.0. The second kappa shape index (κ2) is 7.74. The van der Waals surface area contributed by atoms with Gasteiger partial charge in [-0.2, -0.15) is 5.10 Å². The Bertz CT molecular complexity index is 717. The van der Waals surface area contributed by atoms with Crippen LogP contribution in [0.25, 0.3) is 0 Å². The number of hydrazone groups is 1. The Hall–Kier alpha value is -2.40. The number of hydrogen-bond donors (Lipinski definition) is 2. The van der Waals surface area contributed by atoms with Crippen molar-refractivity contribution in [2.45, 2.75) is 13.5 Å². The molecule has 6 heteroatoms. The van der Waals surface area contributed by atoms with E-state index >= 15 is 0 Å². The molecule has 0 aliphatic heterocycles. The number of nitrogens with zero attached hydrogens (tertiary/aromatic N) is 1. The molecule has 0 aliphatic carbocycles. The maximum absolute atomic E-state index is 9.85. The van der Waals surface area contributed by atoms with Crippen molar-refractivity contribution in [2.75, 3.05) is 14.2 Å². The summed E-state index contributed by atoms with van der Waals surface area (Å²) in [6, 6.07) is 10.5. The SMILES string of the molecule is COc1ccc(CN/N=C(/C)c2cc(Cl)ccc2O)cc1OC. The second-order valence-electron chi connectivity index (χ2n) is 4.88. The molecule has 0 unspecified atom stereocenters. The summed E-state index contributed by atoms with van der Waals surface area (Å²) < 4.78 is 10.5. The molecule has 0 saturated carbocycles. The second-order valence-corrected chi connectivity index (χ2v) is 5.32. The molecule has 0 spiro atoms. The van der Waals surface area contributed by atoms with E-state index < -0.39 is 0 Å². The molecule has 0 fully saturated rings. The largest absolute Gasteiger partial charge is 0.507 e. The molecule has 5 nitrogen and oxygen atoms in total. The summed E-state index contributed by atoms with van der Waals surface area (Å²) in [6.45, 7) is 2.31. The van der Waals surface area contributed by atoms with Crippen LogP contribution in [-0.2, 0) is 6.54 Å². The average molecular weight is 335 g/mol. The first-order valence-corrected chi connectivity index (χ1v) is 7.40. The van der Waals surface area contributed by atoms with Crippen LogP contribution in [0.3, 0.4) is 0 Å². The molecule has 0 atom stereocenters. The Balaban J connectivity index is 2.07. The van der Waals surface area contributed by atoms with Gasteiger partial charge < -0.3 is 20.0 Å². The van der Waals surface area contributed by atoms with Crippen LogP contribution in [0.2, 0.25) is 5.02 Å². The van der Waals surface area contributed by atoms with Crippen molar-refractivity contribution < 1.29 is 14.6 Å². The number of hydrogen-bond acceptors (Lipinski definition) is 5. The molecule has 0 saturated heterocycles. The number of nitrogens with one attached hydrogen (secondary N) is 1. The molecule has 0 aliphatic rings. The van der Waals surface area contributed by atoms with Crippen LogP contribution in [0.15, 0.2) is 41.5 Å². The number of methoxy groups -OCH3 is 2. The van der Waals surface area contributed by atoms with E-state index in [9.17, 15) is 5.11 Å². The summed E-state index contributed by atoms with van der Waals surface area (Å²) in [5.41, 5.74) is 5.21. The molecule has 0 heterocycles. The first-order valence-electron chi connectivity index (χ1n) is 7.02. The Morgan fingerprint density at radius 3 is 2.57 bits per heavy atom. The van der Waals surface area contributed by atoms with Gasteiger partial charge in [0.15, 0.2) is 11.5 Å². The minimum absolute atomic E-state index is 0.142. The van der Waals surface area contributed by atoms with Crippen molar-refractivity contribution in [3.8, 4) is 17.2 Å². The highest BCUT2D eigenvalue weighted by molar-refractivity contribution is 6.31. The zero-order valence-corrected chi connectivity index (χ0v) is 14.0. The zero-order chi connectivity index (χ0) is 16.8. The van der Waals surface area contributed by atoms with Crippen molar-refractivity contribution in [1.82, 2.24) is 5.43 Å². The number of phenols is 1. The van der Waals surface area contributed by atoms with Crippen LogP contribution in [0.4, 0.5) is 0 Å². The lowest BCUT2D eigenvalue weighted by Gasteiger charge is -2.10. The predicted molar refractivity (Wildman–Crippen MR) is 91.7 cm³/mol. The lowest BCUT2D eigenvalue weighted by Crippen LogP contribution is -2.09. The molecular weight excluding hydrogens is 316 g/mol. The third-order valence-corrected chi connectivity index (χ3v) is 3.56. The molecule has 23 heavy (non-hydrogen) atoms. The van der Waals surface area contributed by atoms with Crippen LogP contribution in [0, 0.1) is 0 Å². The van der Waals surface area contributed by atoms with E-state index in [1.54, 1.807) is 39.3 Å². The van der Waals surface area contributed by atoms with Gasteiger partial charge >= 0.3 is 0 Å². The Kier molecular flexibility index (Phi) is 5.71. The van der Waals surface area contributed by atoms with Crippen LogP contribution < -0.4 is 14.9 Å². The number of ether oxygens (including phenoxy) is 2. The van der Waals surface area contributed by atoms with Crippen molar-refractivity contribution in [1.29, 1.82) is 0 Å². The van der Waals surface area contributed by atoms with Gasteiger partial charge in [0.2, 0.25) is 0 Å². The maximum atomic E-state index is 9.85. The molecule has 2 rings (SSSR count). The fourth-order valence-electron chi connectivity index (χ4n) is 2.10. The van der Waals surface area contributed by atoms with Gasteiger partial charge in [0.25, 0.3) is 0 Å². The number of rotatable bonds is 6. The van der Waals surface area contributed by atoms with Crippen LogP contribution in [0.1, 0.15) is 18.1 Å². The molecule has 2 N–H and O–H groups in total. The summed E-state index contributed by atoms with van der Waals surface area (Å²) in [4.78, 5) is 0. The molecular formula is C17H19ClN2O3. The van der Waals surface area contributed by atoms with E-state index in [-0.39, 0.29) is 5.75 Å². The minimum atomic E-state index is 0.142. The van der Waals surface area contributed by atoms with E-state index in [0.717, 1.165) is 5.56 Å². The highest BCUT2D eigenvalue weighted by Gasteiger charge is 2.06. The minimum Gasteiger partial charge on any atom is -0.507 e. The molecule has 0 amide bonds. The number of aromatic hydroxyl groups is 1. The van der Waals surface area contributed by atoms with E-state index in [1.807, 2.05) is 18.2 Å². The normalized spacial score (nSPS) is 11.2. The highest BCUT2D eigenvalue weighted by Crippen LogP contribution is 2.27. The van der Waals surface area contributed by atoms with Gasteiger partial charge in [0.1, 0.15) is 5.75 Å². The smallest absolute Gasteiger partial charge is 0.161 e. The zero-order valence-electron chi connectivity index (χ0n) is 13.3. The van der Waals surface area contributed by atoms with Crippen molar-refractivity contribution in [3.63, 3.8) is 0 Å². The Labute approximate surface area is 140 Å². The van der Waals surface area contributed by atoms with Crippen molar-refractivity contribution in [3.05, 3.63) is 52.5 Å². The molecule has 0 bridgehead atoms. The van der Waals surface area contributed by atoms with Gasteiger partial charge in [-0.05, 0) is 42.8 Å². The van der Waals surface area contributed by atoms with Crippen LogP contribution >= 0.6 is 11.6 Å². The monoisotopic (exact) mass is 334 g/mol. The highest BCUT2D eigenvalue weighted by atomic mass is 35.5. The van der Waals surface area contributed by atoms with E-state index in [2.05, 4.69) is 10.5 Å². The van der Waals surface area contributed by atoms with E-state index in [1.165, 1.54) is 0 Å². The topological polar surface area (TPSA) is 63.1 Å². The fraction of sp³-hybridized carbons (Fsp3) is 0.235. The van der Waals surface area contributed by atoms with Crippen LogP contribution in [-0.4, -0.2) is 25.0 Å². The van der Waals surface area contributed by atoms with Gasteiger partial charge in [0.05, 0.1) is 26.5 Å². The van der Waals surface area contributed by atoms with Crippen LogP contribution in [0.5, 0.6) is 17.2 Å². The summed E-state index contributed by atoms with van der Waals surface area (Å²) in [7, 11) is 3.19. The van der Waals surface area contributed by atoms with E-state index in [4.69, 9.17) is 21.1 Å². The molecule has 0 aromatic heterocycles. The van der Waals surface area contributed by atoms with Gasteiger partial charge in [-0.3, -0.25) is 0 Å². The third-order valence-electron chi connectivity index (χ3n) is 3.33. The van der Waals surface area contributed by atoms with Crippen molar-refractivity contribution in [2.24, 2.45) is 5.10 Å². The Morgan fingerprint density at radius 1 is 1.13 bits per heavy atom. The van der Waals surface area contributed by atoms with E-state index in [0.29, 0.717) is 34.3 Å². The van der Waals surface area contributed by atoms with Gasteiger partial charge in [-0.15, -0.1) is 0 Å². The summed E-state index contributed by atoms with van der Waals surface area (Å²) in [5, 5.41) is 14.7. The molecule has 122 valence electrons. The molecule has 2 aromatic carbocycles. The lowest BCUT2D eigenvalue weighted by molar-refractivity contribution is 0.354. The maximum Gasteiger partial charge on any atom is 0.161 e. The number of benzene rings is 2. The lowest BCUT2D eigenvalue weighted by atomic mass is 10.1. The standard InChI is InChI=1S/C17H19ClN2O3/c1-11(14-9-13(18)5-6-15(14)21)20-19-10-12-4-7-16(22-2)17(8-12)23-3/h4-9,19,21H,10H2,1-3H3/b20-11-. The first kappa shape index (κ1) is 17.0. The molecule has 2 aromatic rings. The number of phenolic OH excluding ortho intramolecular Hbond substituents is 1. The van der Waals surface area contributed by atoms with Gasteiger partial charge in [-0.1, -0.05) is 17.7 Å². The summed E-state index contributed by atoms with van der Waals surface area (Å²) in [6.07, 6.45) is 0. The summed E-state index contributed by atoms with van der Waals surface area (Å²) in [5.74, 6) is 1.49. The fourth-order valence-corrected chi connectivity index (χ4v) is 2.27.